The van der Waals surface area contributed by atoms with Gasteiger partial charge in [-0.1, -0.05) is 19.4 Å². The Morgan fingerprint density at radius 2 is 1.73 bits per heavy atom. The molecule has 0 radical (unpaired) electrons. The Morgan fingerprint density at radius 1 is 1.20 bits per heavy atom. The van der Waals surface area contributed by atoms with Gasteiger partial charge >= 0.3 is 8.60 Å². The smallest absolute Gasteiger partial charge is 0.328 e. The van der Waals surface area contributed by atoms with Gasteiger partial charge in [0.2, 0.25) is 0 Å². The third-order valence-electron chi connectivity index (χ3n) is 1.15. The van der Waals surface area contributed by atoms with Crippen molar-refractivity contribution in [3.8, 4) is 0 Å². The van der Waals surface area contributed by atoms with Crippen molar-refractivity contribution in [2.24, 2.45) is 0 Å². The molecule has 1 N–H and O–H groups in total. The van der Waals surface area contributed by atoms with Gasteiger partial charge in [-0.2, -0.15) is 0 Å². The van der Waals surface area contributed by atoms with Gasteiger partial charge in [0.25, 0.3) is 0 Å². The zero-order chi connectivity index (χ0) is 11.9. The minimum atomic E-state index is -1.58. The quantitative estimate of drug-likeness (QED) is 0.419. The summed E-state index contributed by atoms with van der Waals surface area (Å²) in [7, 11) is -1.58. The standard InChI is InChI=1S/C6H10O.C4H11O3P/c1-2-3-4-5-6-7;1-3-6-8(5)7-4-2/h4-6H,2-3H2,1H3;5H,3-4H2,1-2H3. The van der Waals surface area contributed by atoms with Gasteiger partial charge in [0, 0.05) is 0 Å². The van der Waals surface area contributed by atoms with Gasteiger partial charge in [0.1, 0.15) is 6.29 Å². The summed E-state index contributed by atoms with van der Waals surface area (Å²) in [6, 6.07) is 0. The van der Waals surface area contributed by atoms with E-state index < -0.39 is 8.60 Å². The van der Waals surface area contributed by atoms with Crippen LogP contribution in [-0.4, -0.2) is 24.4 Å². The highest BCUT2D eigenvalue weighted by molar-refractivity contribution is 7.40. The van der Waals surface area contributed by atoms with Crippen LogP contribution in [0, 0.1) is 0 Å². The van der Waals surface area contributed by atoms with Crippen LogP contribution in [0.3, 0.4) is 0 Å². The number of carbonyl (C=O) groups is 1. The van der Waals surface area contributed by atoms with Crippen LogP contribution >= 0.6 is 8.60 Å². The number of carbonyl (C=O) groups excluding carboxylic acids is 1. The summed E-state index contributed by atoms with van der Waals surface area (Å²) in [5.74, 6) is 0. The molecular weight excluding hydrogens is 215 g/mol. The lowest BCUT2D eigenvalue weighted by molar-refractivity contribution is -0.104. The third kappa shape index (κ3) is 19.9. The molecule has 0 rings (SSSR count). The van der Waals surface area contributed by atoms with Crippen LogP contribution in [-0.2, 0) is 13.8 Å². The first kappa shape index (κ1) is 17.1. The first-order valence-electron chi connectivity index (χ1n) is 5.07. The minimum absolute atomic E-state index is 0.502. The van der Waals surface area contributed by atoms with Crippen LogP contribution in [0.1, 0.15) is 33.6 Å². The molecule has 4 nitrogen and oxygen atoms in total. The fourth-order valence-corrected chi connectivity index (χ4v) is 1.09. The topological polar surface area (TPSA) is 55.8 Å². The van der Waals surface area contributed by atoms with Crippen LogP contribution in [0.2, 0.25) is 0 Å². The third-order valence-corrected chi connectivity index (χ3v) is 2.11. The monoisotopic (exact) mass is 236 g/mol. The predicted octanol–water partition coefficient (Wildman–Crippen LogP) is 2.82. The van der Waals surface area contributed by atoms with Crippen LogP contribution in [0.5, 0.6) is 0 Å². The molecule has 0 fully saturated rings. The minimum Gasteiger partial charge on any atom is -0.328 e. The fraction of sp³-hybridized carbons (Fsp3) is 0.700. The Kier molecular flexibility index (Phi) is 18.5. The van der Waals surface area contributed by atoms with Gasteiger partial charge in [-0.3, -0.25) is 4.79 Å². The second-order valence-corrected chi connectivity index (χ2v) is 3.42. The van der Waals surface area contributed by atoms with E-state index in [-0.39, 0.29) is 0 Å². The summed E-state index contributed by atoms with van der Waals surface area (Å²) >= 11 is 0. The van der Waals surface area contributed by atoms with Gasteiger partial charge in [-0.05, 0) is 26.3 Å². The molecule has 0 saturated carbocycles. The number of allylic oxidation sites excluding steroid dienone is 2. The Balaban J connectivity index is 0. The first-order chi connectivity index (χ1) is 7.22. The lowest BCUT2D eigenvalue weighted by Gasteiger charge is -2.05. The summed E-state index contributed by atoms with van der Waals surface area (Å²) in [6.45, 7) is 6.70. The van der Waals surface area contributed by atoms with Crippen molar-refractivity contribution in [2.45, 2.75) is 33.6 Å². The molecule has 0 spiro atoms. The second kappa shape index (κ2) is 16.2. The van der Waals surface area contributed by atoms with Crippen molar-refractivity contribution in [2.75, 3.05) is 13.2 Å². The van der Waals surface area contributed by atoms with E-state index in [1.54, 1.807) is 0 Å². The normalized spacial score (nSPS) is 10.2. The van der Waals surface area contributed by atoms with Crippen LogP contribution in [0.25, 0.3) is 0 Å². The molecule has 5 heteroatoms. The van der Waals surface area contributed by atoms with Gasteiger partial charge in [-0.25, -0.2) is 0 Å². The maximum Gasteiger partial charge on any atom is 0.329 e. The lowest BCUT2D eigenvalue weighted by atomic mass is 10.3. The molecule has 0 aromatic carbocycles. The number of hydrogen-bond donors (Lipinski definition) is 1. The molecule has 0 amide bonds. The Morgan fingerprint density at radius 3 is 2.07 bits per heavy atom. The van der Waals surface area contributed by atoms with Crippen molar-refractivity contribution in [1.29, 1.82) is 0 Å². The van der Waals surface area contributed by atoms with E-state index in [0.717, 1.165) is 19.1 Å². The maximum atomic E-state index is 9.59. The molecule has 0 heterocycles. The molecular formula is C10H21O4P. The van der Waals surface area contributed by atoms with E-state index in [1.165, 1.54) is 6.08 Å². The number of unbranched alkanes of at least 4 members (excludes halogenated alkanes) is 1. The molecule has 0 aliphatic heterocycles. The Bertz CT molecular complexity index is 144. The van der Waals surface area contributed by atoms with Crippen molar-refractivity contribution in [3.05, 3.63) is 12.2 Å². The van der Waals surface area contributed by atoms with Crippen LogP contribution in [0.4, 0.5) is 0 Å². The number of hydrogen-bond acceptors (Lipinski definition) is 4. The van der Waals surface area contributed by atoms with E-state index in [4.69, 9.17) is 4.89 Å². The molecule has 0 unspecified atom stereocenters. The molecule has 0 saturated heterocycles. The Hall–Kier alpha value is -0.280. The first-order valence-corrected chi connectivity index (χ1v) is 6.20. The summed E-state index contributed by atoms with van der Waals surface area (Å²) in [5, 5.41) is 0. The van der Waals surface area contributed by atoms with Crippen molar-refractivity contribution in [3.63, 3.8) is 0 Å². The highest BCUT2D eigenvalue weighted by atomic mass is 31.2. The highest BCUT2D eigenvalue weighted by Crippen LogP contribution is 2.31. The lowest BCUT2D eigenvalue weighted by Crippen LogP contribution is -1.87. The average Bonchev–Trinajstić information content (AvgIpc) is 2.20. The Labute approximate surface area is 93.3 Å². The summed E-state index contributed by atoms with van der Waals surface area (Å²) in [6.07, 6.45) is 6.33. The van der Waals surface area contributed by atoms with E-state index in [1.807, 2.05) is 19.9 Å². The van der Waals surface area contributed by atoms with Crippen LogP contribution in [0.15, 0.2) is 12.2 Å². The summed E-state index contributed by atoms with van der Waals surface area (Å²) in [5.41, 5.74) is 0. The molecule has 90 valence electrons. The zero-order valence-corrected chi connectivity index (χ0v) is 10.6. The molecule has 0 atom stereocenters. The summed E-state index contributed by atoms with van der Waals surface area (Å²) < 4.78 is 9.36. The average molecular weight is 236 g/mol. The van der Waals surface area contributed by atoms with Crippen molar-refractivity contribution < 1.29 is 18.7 Å². The summed E-state index contributed by atoms with van der Waals surface area (Å²) in [4.78, 5) is 18.3. The molecule has 0 aromatic heterocycles. The van der Waals surface area contributed by atoms with E-state index >= 15 is 0 Å². The SMILES string of the molecule is CCCC=CC=O.CCOP(O)OCC. The highest BCUT2D eigenvalue weighted by Gasteiger charge is 2.00. The molecule has 15 heavy (non-hydrogen) atoms. The number of rotatable bonds is 7. The van der Waals surface area contributed by atoms with Gasteiger partial charge in [0.05, 0.1) is 13.2 Å². The van der Waals surface area contributed by atoms with Crippen molar-refractivity contribution >= 4 is 14.9 Å². The van der Waals surface area contributed by atoms with E-state index in [9.17, 15) is 4.79 Å². The van der Waals surface area contributed by atoms with E-state index in [2.05, 4.69) is 16.0 Å². The van der Waals surface area contributed by atoms with Gasteiger partial charge in [0.15, 0.2) is 0 Å². The molecule has 0 aliphatic carbocycles. The largest absolute Gasteiger partial charge is 0.329 e. The zero-order valence-electron chi connectivity index (χ0n) is 9.68. The fourth-order valence-electron chi connectivity index (χ4n) is 0.577. The second-order valence-electron chi connectivity index (χ2n) is 2.43. The maximum absolute atomic E-state index is 9.59. The van der Waals surface area contributed by atoms with Gasteiger partial charge < -0.3 is 13.9 Å². The number of aldehydes is 1. The van der Waals surface area contributed by atoms with Crippen LogP contribution < -0.4 is 0 Å². The van der Waals surface area contributed by atoms with Gasteiger partial charge in [-0.15, -0.1) is 0 Å². The predicted molar refractivity (Wildman–Crippen MR) is 62.5 cm³/mol. The molecule has 0 aromatic rings. The van der Waals surface area contributed by atoms with E-state index in [0.29, 0.717) is 13.2 Å². The molecule has 0 aliphatic rings. The van der Waals surface area contributed by atoms with Crippen molar-refractivity contribution in [1.82, 2.24) is 0 Å². The molecule has 0 bridgehead atoms.